The van der Waals surface area contributed by atoms with Crippen LogP contribution in [0.15, 0.2) is 24.3 Å². The zero-order valence-electron chi connectivity index (χ0n) is 17.7. The molecule has 2 aliphatic rings. The highest BCUT2D eigenvalue weighted by Crippen LogP contribution is 2.25. The van der Waals surface area contributed by atoms with E-state index in [1.165, 1.54) is 0 Å². The first-order valence-corrected chi connectivity index (χ1v) is 10.9. The number of para-hydroxylation sites is 2. The van der Waals surface area contributed by atoms with E-state index in [4.69, 9.17) is 4.98 Å². The summed E-state index contributed by atoms with van der Waals surface area (Å²) in [7, 11) is 0. The number of carbonyl (C=O) groups is 2. The molecule has 2 fully saturated rings. The van der Waals surface area contributed by atoms with Gasteiger partial charge in [0.2, 0.25) is 11.8 Å². The van der Waals surface area contributed by atoms with Crippen LogP contribution < -0.4 is 10.6 Å². The minimum atomic E-state index is -0.683. The fraction of sp³-hybridized carbons (Fsp3) is 0.591. The van der Waals surface area contributed by atoms with Crippen molar-refractivity contribution >= 4 is 22.8 Å². The summed E-state index contributed by atoms with van der Waals surface area (Å²) >= 11 is 0. The number of aliphatic hydroxyl groups excluding tert-OH is 1. The minimum absolute atomic E-state index is 0.00666. The number of fused-ring (bicyclic) bond motifs is 1. The topological polar surface area (TPSA) is 99.5 Å². The molecule has 4 rings (SSSR count). The van der Waals surface area contributed by atoms with Crippen molar-refractivity contribution in [3.63, 3.8) is 0 Å². The summed E-state index contributed by atoms with van der Waals surface area (Å²) in [6, 6.07) is 7.43. The summed E-state index contributed by atoms with van der Waals surface area (Å²) in [5.74, 6) is 0.946. The number of aromatic nitrogens is 2. The number of nitrogens with zero attached hydrogens (tertiary/aromatic N) is 3. The van der Waals surface area contributed by atoms with Gasteiger partial charge in [-0.15, -0.1) is 0 Å². The van der Waals surface area contributed by atoms with Gasteiger partial charge in [0.1, 0.15) is 12.4 Å². The Kier molecular flexibility index (Phi) is 6.06. The third-order valence-corrected chi connectivity index (χ3v) is 6.21. The summed E-state index contributed by atoms with van der Waals surface area (Å²) in [5, 5.41) is 16.8. The molecule has 2 amide bonds. The van der Waals surface area contributed by atoms with Gasteiger partial charge in [0, 0.05) is 25.0 Å². The van der Waals surface area contributed by atoms with Crippen molar-refractivity contribution in [2.45, 2.75) is 63.8 Å². The highest BCUT2D eigenvalue weighted by Gasteiger charge is 2.37. The zero-order valence-corrected chi connectivity index (χ0v) is 17.7. The van der Waals surface area contributed by atoms with Gasteiger partial charge in [0.05, 0.1) is 29.7 Å². The third kappa shape index (κ3) is 4.20. The monoisotopic (exact) mass is 413 g/mol. The van der Waals surface area contributed by atoms with Crippen molar-refractivity contribution in [3.05, 3.63) is 30.1 Å². The molecule has 2 heterocycles. The Morgan fingerprint density at radius 3 is 2.90 bits per heavy atom. The van der Waals surface area contributed by atoms with Crippen molar-refractivity contribution < 1.29 is 14.7 Å². The summed E-state index contributed by atoms with van der Waals surface area (Å²) in [4.78, 5) is 31.4. The average molecular weight is 414 g/mol. The molecule has 1 saturated heterocycles. The Morgan fingerprint density at radius 1 is 1.33 bits per heavy atom. The highest BCUT2D eigenvalue weighted by atomic mass is 16.3. The van der Waals surface area contributed by atoms with Gasteiger partial charge in [-0.25, -0.2) is 4.98 Å². The predicted octanol–water partition coefficient (Wildman–Crippen LogP) is 0.990. The van der Waals surface area contributed by atoms with Crippen LogP contribution in [0.5, 0.6) is 0 Å². The van der Waals surface area contributed by atoms with Crippen LogP contribution in [0.3, 0.4) is 0 Å². The average Bonchev–Trinajstić information content (AvgIpc) is 3.08. The third-order valence-electron chi connectivity index (χ3n) is 6.21. The molecule has 0 radical (unpaired) electrons. The zero-order chi connectivity index (χ0) is 21.3. The summed E-state index contributed by atoms with van der Waals surface area (Å²) in [6.07, 6.45) is 1.81. The van der Waals surface area contributed by atoms with Gasteiger partial charge in [0.25, 0.3) is 0 Å². The van der Waals surface area contributed by atoms with Crippen LogP contribution in [0.4, 0.5) is 0 Å². The molecule has 1 aromatic carbocycles. The molecule has 1 aromatic heterocycles. The molecule has 8 heteroatoms. The van der Waals surface area contributed by atoms with Crippen LogP contribution in [-0.4, -0.2) is 69.2 Å². The van der Waals surface area contributed by atoms with Crippen LogP contribution in [0, 0.1) is 0 Å². The van der Waals surface area contributed by atoms with E-state index in [2.05, 4.69) is 24.5 Å². The van der Waals surface area contributed by atoms with Gasteiger partial charge in [0.15, 0.2) is 0 Å². The van der Waals surface area contributed by atoms with Crippen LogP contribution in [0.2, 0.25) is 0 Å². The Balaban J connectivity index is 1.46. The van der Waals surface area contributed by atoms with E-state index in [0.717, 1.165) is 42.7 Å². The van der Waals surface area contributed by atoms with E-state index < -0.39 is 6.10 Å². The number of rotatable bonds is 5. The molecule has 0 unspecified atom stereocenters. The van der Waals surface area contributed by atoms with Crippen molar-refractivity contribution in [3.8, 4) is 0 Å². The first kappa shape index (κ1) is 20.8. The van der Waals surface area contributed by atoms with Gasteiger partial charge in [-0.2, -0.15) is 0 Å². The molecule has 0 spiro atoms. The number of amides is 2. The number of imidazole rings is 1. The highest BCUT2D eigenvalue weighted by molar-refractivity contribution is 5.81. The fourth-order valence-electron chi connectivity index (χ4n) is 4.75. The molecule has 30 heavy (non-hydrogen) atoms. The molecular weight excluding hydrogens is 382 g/mol. The Bertz CT molecular complexity index is 925. The second-order valence-electron chi connectivity index (χ2n) is 8.68. The molecule has 1 saturated carbocycles. The maximum atomic E-state index is 12.9. The van der Waals surface area contributed by atoms with E-state index in [1.807, 2.05) is 33.7 Å². The van der Waals surface area contributed by atoms with Gasteiger partial charge >= 0.3 is 0 Å². The van der Waals surface area contributed by atoms with E-state index >= 15 is 0 Å². The second kappa shape index (κ2) is 8.73. The smallest absolute Gasteiger partial charge is 0.240 e. The maximum absolute atomic E-state index is 12.9. The quantitative estimate of drug-likeness (QED) is 0.679. The van der Waals surface area contributed by atoms with E-state index in [0.29, 0.717) is 13.1 Å². The number of nitrogens with one attached hydrogen (secondary N) is 2. The Labute approximate surface area is 176 Å². The lowest BCUT2D eigenvalue weighted by Gasteiger charge is -2.42. The maximum Gasteiger partial charge on any atom is 0.240 e. The number of carbonyl (C=O) groups excluding carboxylic acids is 2. The molecule has 1 aliphatic heterocycles. The Hall–Kier alpha value is -2.45. The number of hydrogen-bond acceptors (Lipinski definition) is 5. The van der Waals surface area contributed by atoms with Crippen molar-refractivity contribution in [2.75, 3.05) is 19.6 Å². The molecular formula is C22H31N5O3. The minimum Gasteiger partial charge on any atom is -0.389 e. The van der Waals surface area contributed by atoms with E-state index in [9.17, 15) is 14.7 Å². The first-order chi connectivity index (χ1) is 14.4. The van der Waals surface area contributed by atoms with Gasteiger partial charge in [-0.1, -0.05) is 26.0 Å². The lowest BCUT2D eigenvalue weighted by atomic mass is 9.86. The summed E-state index contributed by atoms with van der Waals surface area (Å²) in [5.41, 5.74) is 1.83. The summed E-state index contributed by atoms with van der Waals surface area (Å²) < 4.78 is 1.97. The second-order valence-corrected chi connectivity index (χ2v) is 8.68. The number of aliphatic hydroxyl groups is 1. The number of hydrogen-bond donors (Lipinski definition) is 3. The fourth-order valence-corrected chi connectivity index (χ4v) is 4.75. The van der Waals surface area contributed by atoms with Crippen LogP contribution in [-0.2, 0) is 16.1 Å². The van der Waals surface area contributed by atoms with Gasteiger partial charge in [-0.05, 0) is 31.4 Å². The Morgan fingerprint density at radius 2 is 2.13 bits per heavy atom. The molecule has 2 aromatic rings. The van der Waals surface area contributed by atoms with Gasteiger partial charge in [-0.3, -0.25) is 14.5 Å². The molecule has 8 nitrogen and oxygen atoms in total. The van der Waals surface area contributed by atoms with Crippen molar-refractivity contribution in [1.29, 1.82) is 0 Å². The van der Waals surface area contributed by atoms with E-state index in [-0.39, 0.29) is 36.4 Å². The van der Waals surface area contributed by atoms with Crippen LogP contribution in [0.25, 0.3) is 11.0 Å². The lowest BCUT2D eigenvalue weighted by Crippen LogP contribution is -2.61. The first-order valence-electron chi connectivity index (χ1n) is 10.9. The van der Waals surface area contributed by atoms with E-state index in [1.54, 1.807) is 0 Å². The molecule has 0 bridgehead atoms. The normalized spacial score (nSPS) is 25.5. The predicted molar refractivity (Wildman–Crippen MR) is 114 cm³/mol. The van der Waals surface area contributed by atoms with Crippen molar-refractivity contribution in [1.82, 2.24) is 25.1 Å². The van der Waals surface area contributed by atoms with Crippen LogP contribution >= 0.6 is 0 Å². The molecule has 162 valence electrons. The van der Waals surface area contributed by atoms with Crippen LogP contribution in [0.1, 0.15) is 44.9 Å². The molecule has 3 atom stereocenters. The largest absolute Gasteiger partial charge is 0.389 e. The number of piperazine rings is 1. The molecule has 3 N–H and O–H groups in total. The standard InChI is InChI=1S/C22H31N5O3/c1-14(2)22-25-15-6-3-4-8-17(15)27(22)13-20(29)24-16-7-5-9-18(21(16)30)26-11-10-23-19(28)12-26/h3-4,6,8,14,16,18,21,30H,5,7,9-13H2,1-2H3,(H,23,28)(H,24,29)/t16-,18-,21-/m1/s1. The van der Waals surface area contributed by atoms with Crippen molar-refractivity contribution in [2.24, 2.45) is 0 Å². The number of benzene rings is 1. The summed E-state index contributed by atoms with van der Waals surface area (Å²) in [6.45, 7) is 5.95. The molecule has 1 aliphatic carbocycles. The lowest BCUT2D eigenvalue weighted by molar-refractivity contribution is -0.129. The van der Waals surface area contributed by atoms with Gasteiger partial charge < -0.3 is 20.3 Å². The SMILES string of the molecule is CC(C)c1nc2ccccc2n1CC(=O)N[C@@H]1CCC[C@@H](N2CCNC(=O)C2)[C@@H]1O.